The van der Waals surface area contributed by atoms with Gasteiger partial charge in [-0.25, -0.2) is 0 Å². The minimum atomic E-state index is -0.199. The van der Waals surface area contributed by atoms with E-state index < -0.39 is 0 Å². The monoisotopic (exact) mass is 230 g/mol. The molecule has 3 nitrogen and oxygen atoms in total. The van der Waals surface area contributed by atoms with Crippen LogP contribution in [0, 0.1) is 5.92 Å². The molecule has 0 aromatic carbocycles. The van der Waals surface area contributed by atoms with Crippen molar-refractivity contribution in [2.75, 3.05) is 33.7 Å². The lowest BCUT2D eigenvalue weighted by atomic mass is 10.0. The molecule has 0 heterocycles. The van der Waals surface area contributed by atoms with Crippen LogP contribution in [0.25, 0.3) is 0 Å². The molecule has 0 aliphatic rings. The van der Waals surface area contributed by atoms with Crippen LogP contribution in [0.1, 0.15) is 34.1 Å². The molecule has 0 saturated carbocycles. The second kappa shape index (κ2) is 8.04. The highest BCUT2D eigenvalue weighted by atomic mass is 16.3. The summed E-state index contributed by atoms with van der Waals surface area (Å²) in [4.78, 5) is 4.56. The van der Waals surface area contributed by atoms with Gasteiger partial charge < -0.3 is 10.0 Å². The van der Waals surface area contributed by atoms with Gasteiger partial charge >= 0.3 is 0 Å². The molecular weight excluding hydrogens is 200 g/mol. The van der Waals surface area contributed by atoms with Gasteiger partial charge in [-0.15, -0.1) is 0 Å². The van der Waals surface area contributed by atoms with Crippen molar-refractivity contribution in [1.29, 1.82) is 0 Å². The molecule has 0 amide bonds. The highest BCUT2D eigenvalue weighted by molar-refractivity contribution is 4.74. The second-order valence-corrected chi connectivity index (χ2v) is 5.15. The molecule has 98 valence electrons. The molecule has 0 saturated heterocycles. The minimum Gasteiger partial charge on any atom is -0.392 e. The van der Waals surface area contributed by atoms with Crippen molar-refractivity contribution in [3.63, 3.8) is 0 Å². The molecule has 0 radical (unpaired) electrons. The number of likely N-dealkylation sites (N-methyl/N-ethyl adjacent to an activating group) is 2. The van der Waals surface area contributed by atoms with Crippen LogP contribution >= 0.6 is 0 Å². The largest absolute Gasteiger partial charge is 0.392 e. The maximum atomic E-state index is 10.0. The van der Waals surface area contributed by atoms with E-state index in [-0.39, 0.29) is 6.10 Å². The maximum Gasteiger partial charge on any atom is 0.0692 e. The van der Waals surface area contributed by atoms with Gasteiger partial charge in [0.1, 0.15) is 0 Å². The Bertz CT molecular complexity index is 173. The second-order valence-electron chi connectivity index (χ2n) is 5.15. The molecule has 0 aromatic rings. The predicted molar refractivity (Wildman–Crippen MR) is 70.7 cm³/mol. The number of hydrogen-bond acceptors (Lipinski definition) is 3. The van der Waals surface area contributed by atoms with Crippen LogP contribution in [0.5, 0.6) is 0 Å². The van der Waals surface area contributed by atoms with Crippen molar-refractivity contribution in [2.24, 2.45) is 5.92 Å². The summed E-state index contributed by atoms with van der Waals surface area (Å²) in [6.45, 7) is 11.5. The van der Waals surface area contributed by atoms with Gasteiger partial charge in [-0.1, -0.05) is 27.2 Å². The van der Waals surface area contributed by atoms with Gasteiger partial charge in [-0.2, -0.15) is 0 Å². The lowest BCUT2D eigenvalue weighted by Gasteiger charge is -2.33. The highest BCUT2D eigenvalue weighted by Gasteiger charge is 2.19. The van der Waals surface area contributed by atoms with Crippen molar-refractivity contribution in [2.45, 2.75) is 46.3 Å². The summed E-state index contributed by atoms with van der Waals surface area (Å²) in [5, 5.41) is 10.0. The van der Waals surface area contributed by atoms with Gasteiger partial charge in [0.15, 0.2) is 0 Å². The Morgan fingerprint density at radius 3 is 2.00 bits per heavy atom. The molecule has 0 aromatic heterocycles. The summed E-state index contributed by atoms with van der Waals surface area (Å²) in [6, 6.07) is 0.499. The van der Waals surface area contributed by atoms with E-state index in [0.29, 0.717) is 12.0 Å². The Balaban J connectivity index is 4.17. The fourth-order valence-electron chi connectivity index (χ4n) is 1.96. The quantitative estimate of drug-likeness (QED) is 0.687. The SMILES string of the molecule is CCC(C)C(O)CN(CC)C(C)CN(C)C. The fourth-order valence-corrected chi connectivity index (χ4v) is 1.96. The Labute approximate surface area is 101 Å². The third kappa shape index (κ3) is 5.83. The molecular formula is C13H30N2O. The molecule has 1 N–H and O–H groups in total. The Hall–Kier alpha value is -0.120. The Morgan fingerprint density at radius 1 is 1.06 bits per heavy atom. The van der Waals surface area contributed by atoms with Gasteiger partial charge in [0.2, 0.25) is 0 Å². The zero-order valence-electron chi connectivity index (χ0n) is 11.9. The van der Waals surface area contributed by atoms with E-state index in [1.807, 2.05) is 0 Å². The first kappa shape index (κ1) is 15.9. The Kier molecular flexibility index (Phi) is 7.98. The molecule has 0 aliphatic heterocycles. The number of nitrogens with zero attached hydrogens (tertiary/aromatic N) is 2. The fraction of sp³-hybridized carbons (Fsp3) is 1.00. The van der Waals surface area contributed by atoms with Crippen LogP contribution in [0.3, 0.4) is 0 Å². The number of hydrogen-bond donors (Lipinski definition) is 1. The van der Waals surface area contributed by atoms with Gasteiger partial charge in [-0.3, -0.25) is 4.90 Å². The first-order valence-corrected chi connectivity index (χ1v) is 6.49. The summed E-state index contributed by atoms with van der Waals surface area (Å²) in [6.07, 6.45) is 0.843. The van der Waals surface area contributed by atoms with E-state index in [1.165, 1.54) is 0 Å². The van der Waals surface area contributed by atoms with Crippen LogP contribution in [-0.2, 0) is 0 Å². The smallest absolute Gasteiger partial charge is 0.0692 e. The number of aliphatic hydroxyl groups excluding tert-OH is 1. The van der Waals surface area contributed by atoms with E-state index in [9.17, 15) is 5.11 Å². The molecule has 3 unspecified atom stereocenters. The number of rotatable bonds is 8. The molecule has 0 fully saturated rings. The van der Waals surface area contributed by atoms with E-state index in [2.05, 4.69) is 51.6 Å². The average molecular weight is 230 g/mol. The molecule has 0 aliphatic carbocycles. The maximum absolute atomic E-state index is 10.0. The summed E-state index contributed by atoms with van der Waals surface area (Å²) in [5.41, 5.74) is 0. The van der Waals surface area contributed by atoms with Crippen molar-refractivity contribution in [1.82, 2.24) is 9.80 Å². The molecule has 0 bridgehead atoms. The lowest BCUT2D eigenvalue weighted by Crippen LogP contribution is -2.45. The third-order valence-corrected chi connectivity index (χ3v) is 3.38. The first-order chi connectivity index (χ1) is 7.42. The average Bonchev–Trinajstić information content (AvgIpc) is 2.23. The molecule has 3 heteroatoms. The highest BCUT2D eigenvalue weighted by Crippen LogP contribution is 2.11. The van der Waals surface area contributed by atoms with Gasteiger partial charge in [0.05, 0.1) is 6.10 Å². The molecule has 3 atom stereocenters. The van der Waals surface area contributed by atoms with E-state index in [0.717, 1.165) is 26.1 Å². The van der Waals surface area contributed by atoms with Crippen LogP contribution in [-0.4, -0.2) is 60.8 Å². The summed E-state index contributed by atoms with van der Waals surface area (Å²) >= 11 is 0. The molecule has 0 rings (SSSR count). The minimum absolute atomic E-state index is 0.199. The van der Waals surface area contributed by atoms with Crippen molar-refractivity contribution >= 4 is 0 Å². The van der Waals surface area contributed by atoms with Crippen molar-refractivity contribution in [3.8, 4) is 0 Å². The third-order valence-electron chi connectivity index (χ3n) is 3.38. The zero-order chi connectivity index (χ0) is 12.7. The van der Waals surface area contributed by atoms with Gasteiger partial charge in [-0.05, 0) is 33.5 Å². The van der Waals surface area contributed by atoms with Crippen LogP contribution in [0.15, 0.2) is 0 Å². The van der Waals surface area contributed by atoms with Crippen molar-refractivity contribution in [3.05, 3.63) is 0 Å². The Morgan fingerprint density at radius 2 is 1.62 bits per heavy atom. The normalized spacial score (nSPS) is 17.8. The topological polar surface area (TPSA) is 26.7 Å². The van der Waals surface area contributed by atoms with Crippen molar-refractivity contribution < 1.29 is 5.11 Å². The summed E-state index contributed by atoms with van der Waals surface area (Å²) < 4.78 is 0. The predicted octanol–water partition coefficient (Wildman–Crippen LogP) is 1.67. The molecule has 16 heavy (non-hydrogen) atoms. The summed E-state index contributed by atoms with van der Waals surface area (Å²) in [5.74, 6) is 0.389. The van der Waals surface area contributed by atoms with Gasteiger partial charge in [0, 0.05) is 19.1 Å². The van der Waals surface area contributed by atoms with Crippen LogP contribution < -0.4 is 0 Å². The van der Waals surface area contributed by atoms with E-state index >= 15 is 0 Å². The zero-order valence-corrected chi connectivity index (χ0v) is 11.9. The number of aliphatic hydroxyl groups is 1. The van der Waals surface area contributed by atoms with E-state index in [1.54, 1.807) is 0 Å². The first-order valence-electron chi connectivity index (χ1n) is 6.49. The summed E-state index contributed by atoms with van der Waals surface area (Å²) in [7, 11) is 4.19. The van der Waals surface area contributed by atoms with E-state index in [4.69, 9.17) is 0 Å². The van der Waals surface area contributed by atoms with Gasteiger partial charge in [0.25, 0.3) is 0 Å². The van der Waals surface area contributed by atoms with Crippen LogP contribution in [0.2, 0.25) is 0 Å². The standard InChI is InChI=1S/C13H30N2O/c1-7-11(3)13(16)10-15(8-2)12(4)9-14(5)6/h11-13,16H,7-10H2,1-6H3. The molecule has 0 spiro atoms. The lowest BCUT2D eigenvalue weighted by molar-refractivity contribution is 0.0510. The van der Waals surface area contributed by atoms with Crippen LogP contribution in [0.4, 0.5) is 0 Å².